The van der Waals surface area contributed by atoms with Gasteiger partial charge in [0.1, 0.15) is 11.8 Å². The summed E-state index contributed by atoms with van der Waals surface area (Å²) in [6.45, 7) is 0. The molecule has 0 saturated heterocycles. The predicted molar refractivity (Wildman–Crippen MR) is 44.7 cm³/mol. The molecule has 0 aliphatic heterocycles. The predicted octanol–water partition coefficient (Wildman–Crippen LogP) is 0.600. The summed E-state index contributed by atoms with van der Waals surface area (Å²) in [5, 5.41) is 3.94. The van der Waals surface area contributed by atoms with Gasteiger partial charge in [-0.15, -0.1) is 12.6 Å². The zero-order valence-corrected chi connectivity index (χ0v) is 6.49. The molecule has 2 N–H and O–H groups in total. The Balaban J connectivity index is 2.90. The molecule has 5 heteroatoms. The van der Waals surface area contributed by atoms with Gasteiger partial charge in [0.15, 0.2) is 5.82 Å². The fraction of sp³-hybridized carbons (Fsp3) is 0. The van der Waals surface area contributed by atoms with Gasteiger partial charge in [-0.05, 0) is 6.07 Å². The maximum atomic E-state index is 5.56. The van der Waals surface area contributed by atoms with E-state index in [1.165, 1.54) is 6.33 Å². The van der Waals surface area contributed by atoms with Crippen molar-refractivity contribution in [2.24, 2.45) is 0 Å². The molecule has 2 aromatic rings. The molecule has 0 fully saturated rings. The van der Waals surface area contributed by atoms with Gasteiger partial charge in [-0.1, -0.05) is 0 Å². The van der Waals surface area contributed by atoms with Crippen molar-refractivity contribution in [1.29, 1.82) is 0 Å². The molecular weight excluding hydrogens is 160 g/mol. The molecule has 0 aliphatic carbocycles. The standard InChI is InChI=1S/C6H6N4S/c7-6-5-1-4(11)2-10(5)9-3-8-6/h1-3,11H,(H2,7,8,9). The third-order valence-corrected chi connectivity index (χ3v) is 1.67. The molecule has 2 rings (SSSR count). The summed E-state index contributed by atoms with van der Waals surface area (Å²) in [5.41, 5.74) is 6.35. The molecule has 0 saturated carbocycles. The molecule has 0 spiro atoms. The largest absolute Gasteiger partial charge is 0.382 e. The van der Waals surface area contributed by atoms with E-state index in [-0.39, 0.29) is 0 Å². The Morgan fingerprint density at radius 2 is 2.36 bits per heavy atom. The lowest BCUT2D eigenvalue weighted by Crippen LogP contribution is -1.96. The van der Waals surface area contributed by atoms with Crippen LogP contribution in [0.2, 0.25) is 0 Å². The van der Waals surface area contributed by atoms with Gasteiger partial charge in [-0.3, -0.25) is 0 Å². The number of aromatic nitrogens is 3. The summed E-state index contributed by atoms with van der Waals surface area (Å²) >= 11 is 4.15. The van der Waals surface area contributed by atoms with Gasteiger partial charge >= 0.3 is 0 Å². The summed E-state index contributed by atoms with van der Waals surface area (Å²) in [5.74, 6) is 0.473. The van der Waals surface area contributed by atoms with E-state index in [1.54, 1.807) is 10.7 Å². The number of nitrogens with two attached hydrogens (primary N) is 1. The van der Waals surface area contributed by atoms with E-state index in [4.69, 9.17) is 5.73 Å². The van der Waals surface area contributed by atoms with Crippen molar-refractivity contribution in [3.8, 4) is 0 Å². The number of hydrogen-bond acceptors (Lipinski definition) is 4. The first-order valence-electron chi connectivity index (χ1n) is 3.05. The molecule has 56 valence electrons. The highest BCUT2D eigenvalue weighted by atomic mass is 32.1. The Morgan fingerprint density at radius 3 is 3.09 bits per heavy atom. The maximum absolute atomic E-state index is 5.56. The van der Waals surface area contributed by atoms with Crippen LogP contribution in [0.15, 0.2) is 23.5 Å². The quantitative estimate of drug-likeness (QED) is 0.563. The van der Waals surface area contributed by atoms with Crippen LogP contribution in [0, 0.1) is 0 Å². The maximum Gasteiger partial charge on any atom is 0.151 e. The topological polar surface area (TPSA) is 56.2 Å². The lowest BCUT2D eigenvalue weighted by Gasteiger charge is -1.93. The molecule has 0 unspecified atom stereocenters. The van der Waals surface area contributed by atoms with E-state index >= 15 is 0 Å². The van der Waals surface area contributed by atoms with Crippen LogP contribution in [-0.4, -0.2) is 14.6 Å². The van der Waals surface area contributed by atoms with Crippen LogP contribution in [0.25, 0.3) is 5.52 Å². The lowest BCUT2D eigenvalue weighted by molar-refractivity contribution is 0.902. The van der Waals surface area contributed by atoms with E-state index < -0.39 is 0 Å². The minimum atomic E-state index is 0.473. The zero-order chi connectivity index (χ0) is 7.84. The van der Waals surface area contributed by atoms with E-state index in [0.29, 0.717) is 5.82 Å². The number of nitrogen functional groups attached to an aromatic ring is 1. The summed E-state index contributed by atoms with van der Waals surface area (Å²) in [4.78, 5) is 4.66. The Morgan fingerprint density at radius 1 is 1.55 bits per heavy atom. The summed E-state index contributed by atoms with van der Waals surface area (Å²) < 4.78 is 1.64. The molecule has 0 bridgehead atoms. The molecule has 0 aliphatic rings. The smallest absolute Gasteiger partial charge is 0.151 e. The Bertz CT molecular complexity index is 394. The van der Waals surface area contributed by atoms with Crippen LogP contribution in [0.1, 0.15) is 0 Å². The first kappa shape index (κ1) is 6.48. The number of anilines is 1. The van der Waals surface area contributed by atoms with Gasteiger partial charge in [0.05, 0.1) is 0 Å². The fourth-order valence-electron chi connectivity index (χ4n) is 0.935. The van der Waals surface area contributed by atoms with Crippen LogP contribution in [0.5, 0.6) is 0 Å². The summed E-state index contributed by atoms with van der Waals surface area (Å²) in [6.07, 6.45) is 3.19. The second-order valence-electron chi connectivity index (χ2n) is 2.17. The normalized spacial score (nSPS) is 10.6. The van der Waals surface area contributed by atoms with Crippen molar-refractivity contribution in [1.82, 2.24) is 14.6 Å². The SMILES string of the molecule is Nc1ncnn2cc(S)cc12. The molecule has 11 heavy (non-hydrogen) atoms. The highest BCUT2D eigenvalue weighted by Crippen LogP contribution is 2.14. The van der Waals surface area contributed by atoms with Gasteiger partial charge in [0, 0.05) is 11.1 Å². The van der Waals surface area contributed by atoms with Gasteiger partial charge in [0.2, 0.25) is 0 Å². The molecule has 4 nitrogen and oxygen atoms in total. The van der Waals surface area contributed by atoms with Crippen LogP contribution >= 0.6 is 12.6 Å². The van der Waals surface area contributed by atoms with Crippen molar-refractivity contribution in [2.45, 2.75) is 4.90 Å². The second-order valence-corrected chi connectivity index (χ2v) is 2.69. The van der Waals surface area contributed by atoms with Gasteiger partial charge in [-0.2, -0.15) is 5.10 Å². The minimum absolute atomic E-state index is 0.473. The van der Waals surface area contributed by atoms with Crippen molar-refractivity contribution in [3.05, 3.63) is 18.6 Å². The average molecular weight is 166 g/mol. The highest BCUT2D eigenvalue weighted by molar-refractivity contribution is 7.80. The van der Waals surface area contributed by atoms with Crippen molar-refractivity contribution < 1.29 is 0 Å². The van der Waals surface area contributed by atoms with E-state index in [9.17, 15) is 0 Å². The van der Waals surface area contributed by atoms with E-state index in [0.717, 1.165) is 10.4 Å². The Labute approximate surface area is 68.5 Å². The summed E-state index contributed by atoms with van der Waals surface area (Å²) in [7, 11) is 0. The third-order valence-electron chi connectivity index (χ3n) is 1.42. The molecule has 0 aromatic carbocycles. The lowest BCUT2D eigenvalue weighted by atomic mass is 10.5. The second kappa shape index (κ2) is 2.13. The van der Waals surface area contributed by atoms with Crippen molar-refractivity contribution in [3.63, 3.8) is 0 Å². The number of rotatable bonds is 0. The van der Waals surface area contributed by atoms with Crippen LogP contribution in [0.3, 0.4) is 0 Å². The van der Waals surface area contributed by atoms with Gasteiger partial charge in [0.25, 0.3) is 0 Å². The molecule has 2 heterocycles. The first-order chi connectivity index (χ1) is 5.27. The highest BCUT2D eigenvalue weighted by Gasteiger charge is 1.99. The summed E-state index contributed by atoms with van der Waals surface area (Å²) in [6, 6.07) is 1.82. The fourth-order valence-corrected chi connectivity index (χ4v) is 1.17. The van der Waals surface area contributed by atoms with E-state index in [1.807, 2.05) is 6.07 Å². The van der Waals surface area contributed by atoms with Crippen LogP contribution in [0.4, 0.5) is 5.82 Å². The molecule has 2 aromatic heterocycles. The van der Waals surface area contributed by atoms with Crippen LogP contribution in [-0.2, 0) is 0 Å². The number of thiol groups is 1. The Hall–Kier alpha value is -1.23. The number of hydrogen-bond donors (Lipinski definition) is 2. The number of nitrogens with zero attached hydrogens (tertiary/aromatic N) is 3. The molecule has 0 atom stereocenters. The van der Waals surface area contributed by atoms with E-state index in [2.05, 4.69) is 22.7 Å². The molecule has 0 amide bonds. The third kappa shape index (κ3) is 0.932. The van der Waals surface area contributed by atoms with Crippen LogP contribution < -0.4 is 5.73 Å². The Kier molecular flexibility index (Phi) is 1.25. The molecule has 0 radical (unpaired) electrons. The van der Waals surface area contributed by atoms with Gasteiger partial charge < -0.3 is 5.73 Å². The minimum Gasteiger partial charge on any atom is -0.382 e. The molecular formula is C6H6N4S. The number of fused-ring (bicyclic) bond motifs is 1. The first-order valence-corrected chi connectivity index (χ1v) is 3.50. The zero-order valence-electron chi connectivity index (χ0n) is 5.60. The van der Waals surface area contributed by atoms with Crippen molar-refractivity contribution >= 4 is 24.0 Å². The van der Waals surface area contributed by atoms with Gasteiger partial charge in [-0.25, -0.2) is 9.50 Å². The van der Waals surface area contributed by atoms with Crippen molar-refractivity contribution in [2.75, 3.05) is 5.73 Å². The monoisotopic (exact) mass is 166 g/mol. The average Bonchev–Trinajstić information content (AvgIpc) is 2.31.